The van der Waals surface area contributed by atoms with E-state index in [1.807, 2.05) is 6.07 Å². The van der Waals surface area contributed by atoms with Crippen LogP contribution < -0.4 is 0 Å². The van der Waals surface area contributed by atoms with Crippen molar-refractivity contribution in [3.8, 4) is 0 Å². The molecule has 0 atom stereocenters. The van der Waals surface area contributed by atoms with E-state index in [9.17, 15) is 18.0 Å². The zero-order valence-electron chi connectivity index (χ0n) is 17.7. The Kier molecular flexibility index (Phi) is 7.45. The molecule has 0 radical (unpaired) electrons. The first kappa shape index (κ1) is 23.0. The Morgan fingerprint density at radius 2 is 2.03 bits per heavy atom. The molecule has 1 fully saturated rings. The topological polar surface area (TPSA) is 110 Å². The summed E-state index contributed by atoms with van der Waals surface area (Å²) in [6.07, 6.45) is 4.89. The van der Waals surface area contributed by atoms with Crippen molar-refractivity contribution in [3.05, 3.63) is 47.7 Å². The normalized spacial score (nSPS) is 14.5. The van der Waals surface area contributed by atoms with Gasteiger partial charge in [0.05, 0.1) is 13.0 Å². The van der Waals surface area contributed by atoms with E-state index in [2.05, 4.69) is 4.98 Å². The molecular weight excluding hydrogens is 422 g/mol. The van der Waals surface area contributed by atoms with Gasteiger partial charge in [0.25, 0.3) is 5.91 Å². The van der Waals surface area contributed by atoms with Gasteiger partial charge in [-0.2, -0.15) is 4.31 Å². The largest absolute Gasteiger partial charge is 0.466 e. The van der Waals surface area contributed by atoms with Gasteiger partial charge in [0.1, 0.15) is 10.7 Å². The van der Waals surface area contributed by atoms with Crippen LogP contribution in [0.1, 0.15) is 48.1 Å². The lowest BCUT2D eigenvalue weighted by Crippen LogP contribution is -2.32. The number of pyridine rings is 1. The lowest BCUT2D eigenvalue weighted by Gasteiger charge is -2.21. The van der Waals surface area contributed by atoms with Crippen molar-refractivity contribution in [2.75, 3.05) is 26.2 Å². The van der Waals surface area contributed by atoms with Gasteiger partial charge in [0.2, 0.25) is 10.0 Å². The molecule has 0 bridgehead atoms. The number of carbonyl (C=O) groups is 2. The summed E-state index contributed by atoms with van der Waals surface area (Å²) in [5, 5.41) is 0. The summed E-state index contributed by atoms with van der Waals surface area (Å²) < 4.78 is 37.8. The van der Waals surface area contributed by atoms with Gasteiger partial charge in [-0.25, -0.2) is 8.42 Å². The van der Waals surface area contributed by atoms with Crippen molar-refractivity contribution >= 4 is 21.9 Å². The molecule has 2 aromatic rings. The number of rotatable bonds is 9. The second-order valence-electron chi connectivity index (χ2n) is 7.29. The second kappa shape index (κ2) is 10.1. The Hall–Kier alpha value is -2.72. The molecule has 0 N–H and O–H groups in total. The van der Waals surface area contributed by atoms with Gasteiger partial charge in [-0.15, -0.1) is 0 Å². The number of sulfonamides is 1. The van der Waals surface area contributed by atoms with E-state index in [1.165, 1.54) is 22.2 Å². The second-order valence-corrected chi connectivity index (χ2v) is 9.19. The fourth-order valence-electron chi connectivity index (χ4n) is 3.47. The molecule has 0 aromatic carbocycles. The van der Waals surface area contributed by atoms with Crippen molar-refractivity contribution in [2.24, 2.45) is 0 Å². The van der Waals surface area contributed by atoms with Gasteiger partial charge in [0.15, 0.2) is 5.76 Å². The summed E-state index contributed by atoms with van der Waals surface area (Å²) in [7, 11) is -3.71. The van der Waals surface area contributed by atoms with E-state index in [-0.39, 0.29) is 42.5 Å². The van der Waals surface area contributed by atoms with Gasteiger partial charge >= 0.3 is 5.97 Å². The molecule has 2 aromatic heterocycles. The Labute approximate surface area is 182 Å². The van der Waals surface area contributed by atoms with E-state index >= 15 is 0 Å². The predicted octanol–water partition coefficient (Wildman–Crippen LogP) is 2.36. The first-order valence-electron chi connectivity index (χ1n) is 10.3. The summed E-state index contributed by atoms with van der Waals surface area (Å²) >= 11 is 0. The predicted molar refractivity (Wildman–Crippen MR) is 112 cm³/mol. The minimum Gasteiger partial charge on any atom is -0.466 e. The maximum Gasteiger partial charge on any atom is 0.307 e. The number of nitrogens with zero attached hydrogens (tertiary/aromatic N) is 3. The molecule has 168 valence electrons. The molecule has 1 amide bonds. The highest BCUT2D eigenvalue weighted by molar-refractivity contribution is 7.89. The smallest absolute Gasteiger partial charge is 0.307 e. The van der Waals surface area contributed by atoms with Crippen LogP contribution in [0.25, 0.3) is 0 Å². The van der Waals surface area contributed by atoms with Gasteiger partial charge in [-0.3, -0.25) is 14.6 Å². The third-order valence-corrected chi connectivity index (χ3v) is 7.05. The minimum absolute atomic E-state index is 0.00414. The average molecular weight is 450 g/mol. The molecule has 3 heterocycles. The number of furan rings is 1. The number of amides is 1. The number of esters is 1. The van der Waals surface area contributed by atoms with Crippen LogP contribution >= 0.6 is 0 Å². The molecule has 1 aliphatic rings. The number of hydrogen-bond acceptors (Lipinski definition) is 7. The Bertz CT molecular complexity index is 1010. The molecule has 0 aliphatic carbocycles. The van der Waals surface area contributed by atoms with Crippen molar-refractivity contribution in [1.82, 2.24) is 14.2 Å². The van der Waals surface area contributed by atoms with E-state index in [0.717, 1.165) is 18.4 Å². The Morgan fingerprint density at radius 3 is 2.68 bits per heavy atom. The lowest BCUT2D eigenvalue weighted by molar-refractivity contribution is -0.143. The quantitative estimate of drug-likeness (QED) is 0.541. The number of aryl methyl sites for hydroxylation is 1. The van der Waals surface area contributed by atoms with Crippen LogP contribution in [0.3, 0.4) is 0 Å². The maximum absolute atomic E-state index is 13.2. The molecule has 1 saturated heterocycles. The Morgan fingerprint density at radius 1 is 1.29 bits per heavy atom. The summed E-state index contributed by atoms with van der Waals surface area (Å²) in [6.45, 7) is 4.71. The molecule has 0 unspecified atom stereocenters. The van der Waals surface area contributed by atoms with Gasteiger partial charge in [-0.05, 0) is 38.3 Å². The third-order valence-electron chi connectivity index (χ3n) is 5.04. The maximum atomic E-state index is 13.2. The Balaban J connectivity index is 1.83. The lowest BCUT2D eigenvalue weighted by atomic mass is 10.2. The molecule has 31 heavy (non-hydrogen) atoms. The van der Waals surface area contributed by atoms with Crippen LogP contribution in [-0.2, 0) is 26.1 Å². The highest BCUT2D eigenvalue weighted by atomic mass is 32.2. The molecule has 1 aliphatic heterocycles. The van der Waals surface area contributed by atoms with E-state index in [4.69, 9.17) is 9.15 Å². The standard InChI is InChI=1S/C21H27N3O6S/c1-3-29-20(25)8-12-23(15-17-7-6-9-22-14-17)21(26)18-13-19(16(2)30-18)31(27,28)24-10-4-5-11-24/h6-7,9,13-14H,3-5,8,10-12,15H2,1-2H3. The van der Waals surface area contributed by atoms with Crippen LogP contribution in [-0.4, -0.2) is 60.7 Å². The van der Waals surface area contributed by atoms with Crippen molar-refractivity contribution < 1.29 is 27.2 Å². The van der Waals surface area contributed by atoms with Crippen LogP contribution in [0.4, 0.5) is 0 Å². The van der Waals surface area contributed by atoms with Crippen LogP contribution in [0, 0.1) is 6.92 Å². The first-order chi connectivity index (χ1) is 14.8. The highest BCUT2D eigenvalue weighted by Crippen LogP contribution is 2.27. The zero-order valence-corrected chi connectivity index (χ0v) is 18.6. The zero-order chi connectivity index (χ0) is 22.4. The van der Waals surface area contributed by atoms with E-state index in [1.54, 1.807) is 25.4 Å². The van der Waals surface area contributed by atoms with Crippen LogP contribution in [0.2, 0.25) is 0 Å². The summed E-state index contributed by atoms with van der Waals surface area (Å²) in [4.78, 5) is 30.5. The minimum atomic E-state index is -3.71. The molecule has 0 saturated carbocycles. The van der Waals surface area contributed by atoms with Crippen molar-refractivity contribution in [2.45, 2.75) is 44.6 Å². The summed E-state index contributed by atoms with van der Waals surface area (Å²) in [5.41, 5.74) is 0.771. The number of aromatic nitrogens is 1. The van der Waals surface area contributed by atoms with Crippen molar-refractivity contribution in [1.29, 1.82) is 0 Å². The van der Waals surface area contributed by atoms with Gasteiger partial charge in [0, 0.05) is 44.6 Å². The highest BCUT2D eigenvalue weighted by Gasteiger charge is 2.32. The van der Waals surface area contributed by atoms with Gasteiger partial charge in [-0.1, -0.05) is 6.07 Å². The summed E-state index contributed by atoms with van der Waals surface area (Å²) in [5.74, 6) is -0.830. The molecule has 0 spiro atoms. The third kappa shape index (κ3) is 5.50. The van der Waals surface area contributed by atoms with E-state index in [0.29, 0.717) is 13.1 Å². The number of hydrogen-bond donors (Lipinski definition) is 0. The number of carbonyl (C=O) groups excluding carboxylic acids is 2. The van der Waals surface area contributed by atoms with Gasteiger partial charge < -0.3 is 14.1 Å². The molecule has 3 rings (SSSR count). The molecule has 10 heteroatoms. The SMILES string of the molecule is CCOC(=O)CCN(Cc1cccnc1)C(=O)c1cc(S(=O)(=O)N2CCCC2)c(C)o1. The molecular formula is C21H27N3O6S. The van der Waals surface area contributed by atoms with Crippen molar-refractivity contribution in [3.63, 3.8) is 0 Å². The molecule has 9 nitrogen and oxygen atoms in total. The number of ether oxygens (including phenoxy) is 1. The fraction of sp³-hybridized carbons (Fsp3) is 0.476. The monoisotopic (exact) mass is 449 g/mol. The fourth-order valence-corrected chi connectivity index (χ4v) is 5.15. The average Bonchev–Trinajstić information content (AvgIpc) is 3.42. The van der Waals surface area contributed by atoms with Crippen LogP contribution in [0.15, 0.2) is 39.9 Å². The van der Waals surface area contributed by atoms with Crippen LogP contribution in [0.5, 0.6) is 0 Å². The van der Waals surface area contributed by atoms with E-state index < -0.39 is 21.9 Å². The summed E-state index contributed by atoms with van der Waals surface area (Å²) in [6, 6.07) is 4.85. The first-order valence-corrected chi connectivity index (χ1v) is 11.7.